The van der Waals surface area contributed by atoms with Gasteiger partial charge in [-0.3, -0.25) is 0 Å². The second-order valence-corrected chi connectivity index (χ2v) is 4.55. The minimum atomic E-state index is 0.686. The molecule has 1 aromatic heterocycles. The van der Waals surface area contributed by atoms with E-state index >= 15 is 0 Å². The van der Waals surface area contributed by atoms with Crippen LogP contribution in [0.15, 0.2) is 6.07 Å². The van der Waals surface area contributed by atoms with Crippen LogP contribution in [0.2, 0.25) is 0 Å². The van der Waals surface area contributed by atoms with Crippen molar-refractivity contribution in [3.63, 3.8) is 0 Å². The van der Waals surface area contributed by atoms with Crippen molar-refractivity contribution in [3.8, 4) is 0 Å². The molecule has 1 rings (SSSR count). The second kappa shape index (κ2) is 5.68. The lowest BCUT2D eigenvalue weighted by atomic mass is 10.1. The van der Waals surface area contributed by atoms with E-state index < -0.39 is 0 Å². The highest BCUT2D eigenvalue weighted by Crippen LogP contribution is 2.14. The van der Waals surface area contributed by atoms with Crippen molar-refractivity contribution < 1.29 is 0 Å². The first-order valence-corrected chi connectivity index (χ1v) is 5.77. The van der Waals surface area contributed by atoms with Crippen molar-refractivity contribution >= 4 is 11.8 Å². The van der Waals surface area contributed by atoms with Crippen LogP contribution >= 0.6 is 0 Å². The normalized spacial score (nSPS) is 10.6. The number of aromatic nitrogens is 2. The molecule has 1 N–H and O–H groups in total. The van der Waals surface area contributed by atoms with E-state index in [1.54, 1.807) is 0 Å². The summed E-state index contributed by atoms with van der Waals surface area (Å²) in [6, 6.07) is 2.02. The van der Waals surface area contributed by atoms with Gasteiger partial charge in [0.2, 0.25) is 5.95 Å². The summed E-state index contributed by atoms with van der Waals surface area (Å²) < 4.78 is 0. The Labute approximate surface area is 98.1 Å². The van der Waals surface area contributed by atoms with E-state index in [2.05, 4.69) is 41.1 Å². The lowest BCUT2D eigenvalue weighted by Crippen LogP contribution is -2.21. The summed E-state index contributed by atoms with van der Waals surface area (Å²) in [7, 11) is 3.91. The molecule has 4 heteroatoms. The zero-order chi connectivity index (χ0) is 12.1. The number of nitrogens with one attached hydrogen (secondary N) is 1. The fourth-order valence-electron chi connectivity index (χ4n) is 1.43. The third-order valence-electron chi connectivity index (χ3n) is 2.50. The molecule has 0 unspecified atom stereocenters. The Balaban J connectivity index is 2.74. The van der Waals surface area contributed by atoms with Gasteiger partial charge in [-0.1, -0.05) is 13.8 Å². The average molecular weight is 222 g/mol. The Morgan fingerprint density at radius 1 is 1.38 bits per heavy atom. The van der Waals surface area contributed by atoms with Gasteiger partial charge in [-0.05, 0) is 19.3 Å². The molecule has 0 aromatic carbocycles. The second-order valence-electron chi connectivity index (χ2n) is 4.55. The molecule has 0 bridgehead atoms. The monoisotopic (exact) mass is 222 g/mol. The van der Waals surface area contributed by atoms with Crippen LogP contribution in [0, 0.1) is 12.8 Å². The number of hydrogen-bond acceptors (Lipinski definition) is 4. The van der Waals surface area contributed by atoms with Gasteiger partial charge in [-0.2, -0.15) is 4.98 Å². The summed E-state index contributed by atoms with van der Waals surface area (Å²) in [5.74, 6) is 2.39. The van der Waals surface area contributed by atoms with Gasteiger partial charge in [-0.15, -0.1) is 0 Å². The quantitative estimate of drug-likeness (QED) is 0.830. The van der Waals surface area contributed by atoms with Crippen LogP contribution in [0.25, 0.3) is 0 Å². The van der Waals surface area contributed by atoms with Crippen molar-refractivity contribution in [2.24, 2.45) is 5.92 Å². The maximum Gasteiger partial charge on any atom is 0.224 e. The number of hydrogen-bond donors (Lipinski definition) is 1. The van der Waals surface area contributed by atoms with Gasteiger partial charge in [0.25, 0.3) is 0 Å². The van der Waals surface area contributed by atoms with E-state index in [9.17, 15) is 0 Å². The fraction of sp³-hybridized carbons (Fsp3) is 0.667. The summed E-state index contributed by atoms with van der Waals surface area (Å²) in [5, 5.41) is 2.98. The molecule has 0 saturated heterocycles. The van der Waals surface area contributed by atoms with E-state index in [-0.39, 0.29) is 0 Å². The Hall–Kier alpha value is -1.32. The molecule has 0 aliphatic rings. The third kappa shape index (κ3) is 3.68. The summed E-state index contributed by atoms with van der Waals surface area (Å²) in [4.78, 5) is 10.9. The van der Waals surface area contributed by atoms with Crippen LogP contribution in [0.3, 0.4) is 0 Å². The first kappa shape index (κ1) is 12.7. The van der Waals surface area contributed by atoms with Crippen LogP contribution in [0.4, 0.5) is 11.8 Å². The van der Waals surface area contributed by atoms with E-state index in [0.29, 0.717) is 11.9 Å². The zero-order valence-electron chi connectivity index (χ0n) is 10.9. The minimum Gasteiger partial charge on any atom is -0.359 e. The van der Waals surface area contributed by atoms with Gasteiger partial charge >= 0.3 is 0 Å². The first-order valence-electron chi connectivity index (χ1n) is 5.77. The standard InChI is InChI=1S/C12H22N4/c1-9(2)6-7-16(5)11-8-10(3)14-12(13-4)15-11/h8-9H,6-7H2,1-5H3,(H,13,14,15). The SMILES string of the molecule is CNc1nc(C)cc(N(C)CCC(C)C)n1. The number of anilines is 2. The maximum absolute atomic E-state index is 4.43. The highest BCUT2D eigenvalue weighted by atomic mass is 15.2. The zero-order valence-corrected chi connectivity index (χ0v) is 10.9. The highest BCUT2D eigenvalue weighted by molar-refractivity contribution is 5.43. The fourth-order valence-corrected chi connectivity index (χ4v) is 1.43. The molecule has 0 radical (unpaired) electrons. The van der Waals surface area contributed by atoms with E-state index in [4.69, 9.17) is 0 Å². The van der Waals surface area contributed by atoms with Gasteiger partial charge in [0.1, 0.15) is 5.82 Å². The maximum atomic E-state index is 4.43. The minimum absolute atomic E-state index is 0.686. The Bertz CT molecular complexity index is 336. The lowest BCUT2D eigenvalue weighted by molar-refractivity contribution is 0.583. The summed E-state index contributed by atoms with van der Waals surface area (Å²) in [6.45, 7) is 7.48. The van der Waals surface area contributed by atoms with Crippen LogP contribution < -0.4 is 10.2 Å². The van der Waals surface area contributed by atoms with Crippen LogP contribution in [-0.4, -0.2) is 30.6 Å². The molecule has 0 amide bonds. The molecular formula is C12H22N4. The summed E-state index contributed by atoms with van der Waals surface area (Å²) in [6.07, 6.45) is 1.18. The molecule has 0 aliphatic heterocycles. The molecule has 0 spiro atoms. The van der Waals surface area contributed by atoms with E-state index in [0.717, 1.165) is 18.1 Å². The molecule has 4 nitrogen and oxygen atoms in total. The predicted octanol–water partition coefficient (Wildman–Crippen LogP) is 2.31. The molecule has 0 aliphatic carbocycles. The first-order chi connectivity index (χ1) is 7.52. The van der Waals surface area contributed by atoms with Gasteiger partial charge < -0.3 is 10.2 Å². The Morgan fingerprint density at radius 3 is 2.62 bits per heavy atom. The molecule has 90 valence electrons. The molecular weight excluding hydrogens is 200 g/mol. The molecule has 0 atom stereocenters. The Morgan fingerprint density at radius 2 is 2.06 bits per heavy atom. The summed E-state index contributed by atoms with van der Waals surface area (Å²) in [5.41, 5.74) is 0.991. The lowest BCUT2D eigenvalue weighted by Gasteiger charge is -2.20. The number of nitrogens with zero attached hydrogens (tertiary/aromatic N) is 3. The smallest absolute Gasteiger partial charge is 0.224 e. The van der Waals surface area contributed by atoms with Gasteiger partial charge in [0, 0.05) is 32.4 Å². The van der Waals surface area contributed by atoms with Gasteiger partial charge in [-0.25, -0.2) is 4.98 Å². The van der Waals surface area contributed by atoms with Crippen molar-refractivity contribution in [2.75, 3.05) is 30.9 Å². The van der Waals surface area contributed by atoms with Crippen LogP contribution in [0.1, 0.15) is 26.0 Å². The highest BCUT2D eigenvalue weighted by Gasteiger charge is 2.06. The number of rotatable bonds is 5. The molecule has 0 fully saturated rings. The number of aryl methyl sites for hydroxylation is 1. The van der Waals surface area contributed by atoms with E-state index in [1.165, 1.54) is 6.42 Å². The molecule has 1 heterocycles. The van der Waals surface area contributed by atoms with Crippen molar-refractivity contribution in [2.45, 2.75) is 27.2 Å². The average Bonchev–Trinajstić information content (AvgIpc) is 2.24. The summed E-state index contributed by atoms with van der Waals surface area (Å²) >= 11 is 0. The molecule has 1 aromatic rings. The molecule has 16 heavy (non-hydrogen) atoms. The van der Waals surface area contributed by atoms with Crippen LogP contribution in [0.5, 0.6) is 0 Å². The topological polar surface area (TPSA) is 41.1 Å². The largest absolute Gasteiger partial charge is 0.359 e. The van der Waals surface area contributed by atoms with Crippen LogP contribution in [-0.2, 0) is 0 Å². The van der Waals surface area contributed by atoms with Crippen molar-refractivity contribution in [1.82, 2.24) is 9.97 Å². The van der Waals surface area contributed by atoms with Crippen molar-refractivity contribution in [1.29, 1.82) is 0 Å². The molecule has 0 saturated carbocycles. The third-order valence-corrected chi connectivity index (χ3v) is 2.50. The van der Waals surface area contributed by atoms with Gasteiger partial charge in [0.05, 0.1) is 0 Å². The van der Waals surface area contributed by atoms with E-state index in [1.807, 2.05) is 20.0 Å². The van der Waals surface area contributed by atoms with Gasteiger partial charge in [0.15, 0.2) is 0 Å². The van der Waals surface area contributed by atoms with Crippen molar-refractivity contribution in [3.05, 3.63) is 11.8 Å². The Kier molecular flexibility index (Phi) is 4.52. The predicted molar refractivity (Wildman–Crippen MR) is 69.0 cm³/mol.